The third-order valence-electron chi connectivity index (χ3n) is 3.72. The number of carbonyl (C=O) groups is 1. The lowest BCUT2D eigenvalue weighted by Crippen LogP contribution is -2.11. The fraction of sp³-hybridized carbons (Fsp3) is 0.167. The Morgan fingerprint density at radius 2 is 1.88 bits per heavy atom. The van der Waals surface area contributed by atoms with Gasteiger partial charge in [0, 0.05) is 12.0 Å². The van der Waals surface area contributed by atoms with Gasteiger partial charge in [0.25, 0.3) is 5.91 Å². The predicted octanol–water partition coefficient (Wildman–Crippen LogP) is 5.44. The third-order valence-corrected chi connectivity index (χ3v) is 5.32. The molecule has 0 saturated heterocycles. The van der Waals surface area contributed by atoms with Gasteiger partial charge in [-0.25, -0.2) is 0 Å². The highest BCUT2D eigenvalue weighted by Gasteiger charge is 2.14. The SMILES string of the molecule is CC(Cc1nnc(NC(=O)c2ccc(Cl)c(Cl)c2)s1)c1ccccc1. The number of benzene rings is 2. The summed E-state index contributed by atoms with van der Waals surface area (Å²) in [6.45, 7) is 2.14. The van der Waals surface area contributed by atoms with E-state index in [9.17, 15) is 4.79 Å². The summed E-state index contributed by atoms with van der Waals surface area (Å²) in [6, 6.07) is 15.0. The molecule has 1 N–H and O–H groups in total. The summed E-state index contributed by atoms with van der Waals surface area (Å²) in [4.78, 5) is 12.3. The molecule has 0 fully saturated rings. The molecule has 1 amide bonds. The minimum absolute atomic E-state index is 0.294. The molecule has 0 aliphatic carbocycles. The fourth-order valence-electron chi connectivity index (χ4n) is 2.35. The highest BCUT2D eigenvalue weighted by Crippen LogP contribution is 2.26. The number of nitrogens with one attached hydrogen (secondary N) is 1. The van der Waals surface area contributed by atoms with Crippen molar-refractivity contribution in [1.82, 2.24) is 10.2 Å². The summed E-state index contributed by atoms with van der Waals surface area (Å²) in [5.74, 6) is 0.0325. The number of amides is 1. The van der Waals surface area contributed by atoms with Gasteiger partial charge >= 0.3 is 0 Å². The quantitative estimate of drug-likeness (QED) is 0.629. The zero-order chi connectivity index (χ0) is 17.8. The van der Waals surface area contributed by atoms with Crippen LogP contribution < -0.4 is 5.32 Å². The maximum atomic E-state index is 12.3. The highest BCUT2D eigenvalue weighted by atomic mass is 35.5. The Kier molecular flexibility index (Phi) is 5.68. The lowest BCUT2D eigenvalue weighted by Gasteiger charge is -2.08. The van der Waals surface area contributed by atoms with E-state index in [4.69, 9.17) is 23.2 Å². The Morgan fingerprint density at radius 1 is 1.12 bits per heavy atom. The molecule has 0 saturated carbocycles. The van der Waals surface area contributed by atoms with E-state index in [-0.39, 0.29) is 5.91 Å². The summed E-state index contributed by atoms with van der Waals surface area (Å²) in [5.41, 5.74) is 1.67. The summed E-state index contributed by atoms with van der Waals surface area (Å²) in [7, 11) is 0. The van der Waals surface area contributed by atoms with Crippen molar-refractivity contribution in [1.29, 1.82) is 0 Å². The second-order valence-corrected chi connectivity index (χ2v) is 7.48. The van der Waals surface area contributed by atoms with Crippen LogP contribution in [0.1, 0.15) is 33.8 Å². The van der Waals surface area contributed by atoms with Crippen LogP contribution in [0.5, 0.6) is 0 Å². The van der Waals surface area contributed by atoms with Crippen LogP contribution >= 0.6 is 34.5 Å². The largest absolute Gasteiger partial charge is 0.296 e. The van der Waals surface area contributed by atoms with Crippen LogP contribution in [-0.4, -0.2) is 16.1 Å². The van der Waals surface area contributed by atoms with E-state index in [0.717, 1.165) is 11.4 Å². The molecule has 0 aliphatic heterocycles. The van der Waals surface area contributed by atoms with Crippen molar-refractivity contribution < 1.29 is 4.79 Å². The second-order valence-electron chi connectivity index (χ2n) is 5.60. The Labute approximate surface area is 159 Å². The first-order chi connectivity index (χ1) is 12.0. The van der Waals surface area contributed by atoms with Crippen molar-refractivity contribution >= 4 is 45.6 Å². The van der Waals surface area contributed by atoms with Crippen LogP contribution in [-0.2, 0) is 6.42 Å². The van der Waals surface area contributed by atoms with E-state index in [1.165, 1.54) is 23.0 Å². The molecule has 0 aliphatic rings. The zero-order valence-electron chi connectivity index (χ0n) is 13.4. The van der Waals surface area contributed by atoms with Gasteiger partial charge in [-0.3, -0.25) is 10.1 Å². The number of rotatable bonds is 5. The van der Waals surface area contributed by atoms with Crippen molar-refractivity contribution in [2.24, 2.45) is 0 Å². The van der Waals surface area contributed by atoms with E-state index < -0.39 is 0 Å². The van der Waals surface area contributed by atoms with E-state index in [2.05, 4.69) is 34.6 Å². The number of halogens is 2. The lowest BCUT2D eigenvalue weighted by molar-refractivity contribution is 0.102. The van der Waals surface area contributed by atoms with E-state index >= 15 is 0 Å². The Balaban J connectivity index is 1.65. The molecule has 3 rings (SSSR count). The van der Waals surface area contributed by atoms with Gasteiger partial charge in [-0.2, -0.15) is 0 Å². The lowest BCUT2D eigenvalue weighted by atomic mass is 9.98. The Hall–Kier alpha value is -1.95. The Morgan fingerprint density at radius 3 is 2.60 bits per heavy atom. The minimum Gasteiger partial charge on any atom is -0.296 e. The topological polar surface area (TPSA) is 54.9 Å². The fourth-order valence-corrected chi connectivity index (χ4v) is 3.52. The van der Waals surface area contributed by atoms with Crippen LogP contribution in [0.3, 0.4) is 0 Å². The molecule has 3 aromatic rings. The van der Waals surface area contributed by atoms with E-state index in [1.54, 1.807) is 12.1 Å². The molecule has 25 heavy (non-hydrogen) atoms. The number of aromatic nitrogens is 2. The first kappa shape index (κ1) is 17.9. The van der Waals surface area contributed by atoms with Crippen LogP contribution in [0.15, 0.2) is 48.5 Å². The van der Waals surface area contributed by atoms with Crippen LogP contribution in [0.2, 0.25) is 10.0 Å². The van der Waals surface area contributed by atoms with Crippen molar-refractivity contribution in [2.45, 2.75) is 19.3 Å². The monoisotopic (exact) mass is 391 g/mol. The van der Waals surface area contributed by atoms with Crippen LogP contribution in [0, 0.1) is 0 Å². The smallest absolute Gasteiger partial charge is 0.257 e. The van der Waals surface area contributed by atoms with Gasteiger partial charge in [-0.05, 0) is 29.7 Å². The zero-order valence-corrected chi connectivity index (χ0v) is 15.7. The maximum absolute atomic E-state index is 12.3. The molecule has 1 unspecified atom stereocenters. The van der Waals surface area contributed by atoms with Gasteiger partial charge in [0.05, 0.1) is 10.0 Å². The maximum Gasteiger partial charge on any atom is 0.257 e. The molecule has 128 valence electrons. The predicted molar refractivity (Wildman–Crippen MR) is 103 cm³/mol. The van der Waals surface area contributed by atoms with Crippen LogP contribution in [0.4, 0.5) is 5.13 Å². The number of anilines is 1. The molecule has 0 bridgehead atoms. The highest BCUT2D eigenvalue weighted by molar-refractivity contribution is 7.15. The van der Waals surface area contributed by atoms with Crippen molar-refractivity contribution in [3.8, 4) is 0 Å². The molecule has 0 spiro atoms. The third kappa shape index (κ3) is 4.57. The molecule has 1 heterocycles. The summed E-state index contributed by atoms with van der Waals surface area (Å²) in [5, 5.41) is 13.0. The number of carbonyl (C=O) groups excluding carboxylic acids is 1. The molecule has 7 heteroatoms. The first-order valence-corrected chi connectivity index (χ1v) is 9.24. The normalized spacial score (nSPS) is 12.0. The van der Waals surface area contributed by atoms with Crippen LogP contribution in [0.25, 0.3) is 0 Å². The molecule has 1 atom stereocenters. The van der Waals surface area contributed by atoms with E-state index in [1.807, 2.05) is 18.2 Å². The summed E-state index contributed by atoms with van der Waals surface area (Å²) in [6.07, 6.45) is 0.768. The second kappa shape index (κ2) is 7.95. The Bertz CT molecular complexity index is 883. The van der Waals surface area contributed by atoms with Crippen molar-refractivity contribution in [2.75, 3.05) is 5.32 Å². The first-order valence-electron chi connectivity index (χ1n) is 7.66. The van der Waals surface area contributed by atoms with Gasteiger partial charge in [-0.15, -0.1) is 10.2 Å². The number of nitrogens with zero attached hydrogens (tertiary/aromatic N) is 2. The van der Waals surface area contributed by atoms with E-state index in [0.29, 0.717) is 26.7 Å². The summed E-state index contributed by atoms with van der Waals surface area (Å²) < 4.78 is 0. The van der Waals surface area contributed by atoms with Gasteiger partial charge in [0.1, 0.15) is 5.01 Å². The number of hydrogen-bond acceptors (Lipinski definition) is 4. The average molecular weight is 392 g/mol. The van der Waals surface area contributed by atoms with Gasteiger partial charge in [-0.1, -0.05) is 71.8 Å². The molecular formula is C18H15Cl2N3OS. The van der Waals surface area contributed by atoms with Gasteiger partial charge in [0.2, 0.25) is 5.13 Å². The molecule has 0 radical (unpaired) electrons. The van der Waals surface area contributed by atoms with Crippen molar-refractivity contribution in [3.05, 3.63) is 74.7 Å². The molecule has 2 aromatic carbocycles. The summed E-state index contributed by atoms with van der Waals surface area (Å²) >= 11 is 13.2. The van der Waals surface area contributed by atoms with Gasteiger partial charge in [0.15, 0.2) is 0 Å². The van der Waals surface area contributed by atoms with Crippen molar-refractivity contribution in [3.63, 3.8) is 0 Å². The molecule has 1 aromatic heterocycles. The van der Waals surface area contributed by atoms with Gasteiger partial charge < -0.3 is 0 Å². The molecular weight excluding hydrogens is 377 g/mol. The standard InChI is InChI=1S/C18H15Cl2N3OS/c1-11(12-5-3-2-4-6-12)9-16-22-23-18(25-16)21-17(24)13-7-8-14(19)15(20)10-13/h2-8,10-11H,9H2,1H3,(H,21,23,24). The minimum atomic E-state index is -0.294. The number of hydrogen-bond donors (Lipinski definition) is 1. The molecule has 4 nitrogen and oxygen atoms in total. The average Bonchev–Trinajstić information content (AvgIpc) is 3.04.